The van der Waals surface area contributed by atoms with E-state index in [4.69, 9.17) is 16.3 Å². The van der Waals surface area contributed by atoms with Crippen LogP contribution in [0.1, 0.15) is 27.2 Å². The van der Waals surface area contributed by atoms with Crippen molar-refractivity contribution in [2.45, 2.75) is 32.4 Å². The zero-order chi connectivity index (χ0) is 10.5. The van der Waals surface area contributed by atoms with E-state index in [9.17, 15) is 0 Å². The van der Waals surface area contributed by atoms with Crippen molar-refractivity contribution >= 4 is 28.7 Å². The van der Waals surface area contributed by atoms with E-state index in [-0.39, 0.29) is 0 Å². The van der Waals surface area contributed by atoms with E-state index in [2.05, 4.69) is 20.4 Å². The van der Waals surface area contributed by atoms with Gasteiger partial charge in [0.2, 0.25) is 0 Å². The molecule has 0 radical (unpaired) electrons. The highest BCUT2D eigenvalue weighted by atomic mass is 32.9. The Kier molecular flexibility index (Phi) is 6.57. The molecule has 0 fully saturated rings. The van der Waals surface area contributed by atoms with Crippen LogP contribution in [-0.2, 0) is 16.3 Å². The van der Waals surface area contributed by atoms with Gasteiger partial charge in [-0.25, -0.2) is 0 Å². The smallest absolute Gasteiger partial charge is 0.117 e. The number of hydrogen-bond donors (Lipinski definition) is 0. The second-order valence-corrected chi connectivity index (χ2v) is 11.6. The number of hydrogen-bond acceptors (Lipinski definition) is 3. The van der Waals surface area contributed by atoms with Crippen molar-refractivity contribution in [2.24, 2.45) is 0 Å². The Bertz CT molecular complexity index is 216. The molecule has 0 rings (SSSR count). The fourth-order valence-corrected chi connectivity index (χ4v) is 6.21. The van der Waals surface area contributed by atoms with E-state index >= 15 is 0 Å². The third kappa shape index (κ3) is 7.75. The molecule has 0 amide bonds. The van der Waals surface area contributed by atoms with Gasteiger partial charge in [0, 0.05) is 5.25 Å². The molecule has 0 heterocycles. The van der Waals surface area contributed by atoms with Gasteiger partial charge in [0.05, 0.1) is 6.61 Å². The predicted octanol–water partition coefficient (Wildman–Crippen LogP) is 4.05. The molecule has 2 unspecified atom stereocenters. The highest BCUT2D eigenvalue weighted by Gasteiger charge is 2.14. The molecule has 0 N–H and O–H groups in total. The normalized spacial score (nSPS) is 17.8. The van der Waals surface area contributed by atoms with Crippen molar-refractivity contribution in [3.63, 3.8) is 0 Å². The van der Waals surface area contributed by atoms with Gasteiger partial charge in [-0.05, 0) is 20.0 Å². The first-order chi connectivity index (χ1) is 5.87. The molecule has 0 aliphatic carbocycles. The Labute approximate surface area is 91.2 Å². The molecular weight excluding hydrogens is 219 g/mol. The van der Waals surface area contributed by atoms with Crippen LogP contribution < -0.4 is 0 Å². The van der Waals surface area contributed by atoms with Gasteiger partial charge in [0.25, 0.3) is 0 Å². The maximum Gasteiger partial charge on any atom is 0.117 e. The molecule has 0 bridgehead atoms. The van der Waals surface area contributed by atoms with Crippen LogP contribution in [0.15, 0.2) is 12.2 Å². The van der Waals surface area contributed by atoms with Crippen molar-refractivity contribution in [2.75, 3.05) is 13.3 Å². The van der Waals surface area contributed by atoms with Gasteiger partial charge in [-0.3, -0.25) is 0 Å². The summed E-state index contributed by atoms with van der Waals surface area (Å²) in [5, 5.41) is 0.598. The van der Waals surface area contributed by atoms with E-state index in [1.165, 1.54) is 0 Å². The lowest BCUT2D eigenvalue weighted by molar-refractivity contribution is 0.402. The highest BCUT2D eigenvalue weighted by molar-refractivity contribution is 8.69. The van der Waals surface area contributed by atoms with Crippen LogP contribution in [0.2, 0.25) is 0 Å². The topological polar surface area (TPSA) is 9.23 Å². The molecule has 0 spiro atoms. The lowest BCUT2D eigenvalue weighted by atomic mass is 10.4. The van der Waals surface area contributed by atoms with E-state index in [1.807, 2.05) is 13.6 Å². The molecule has 0 aromatic carbocycles. The van der Waals surface area contributed by atoms with E-state index in [1.54, 1.807) is 11.4 Å². The molecule has 0 aromatic heterocycles. The molecule has 2 atom stereocenters. The minimum absolute atomic E-state index is 0.598. The van der Waals surface area contributed by atoms with Crippen molar-refractivity contribution in [1.82, 2.24) is 0 Å². The van der Waals surface area contributed by atoms with Crippen LogP contribution in [0.3, 0.4) is 0 Å². The zero-order valence-corrected chi connectivity index (χ0v) is 11.4. The Morgan fingerprint density at radius 3 is 2.62 bits per heavy atom. The predicted molar refractivity (Wildman–Crippen MR) is 68.3 cm³/mol. The summed E-state index contributed by atoms with van der Waals surface area (Å²) < 4.78 is 5.65. The maximum atomic E-state index is 5.65. The quantitative estimate of drug-likeness (QED) is 0.510. The van der Waals surface area contributed by atoms with Gasteiger partial charge in [0.1, 0.15) is 5.47 Å². The molecular formula is C9H19OPS2. The van der Waals surface area contributed by atoms with E-state index < -0.39 is 5.47 Å². The van der Waals surface area contributed by atoms with Gasteiger partial charge < -0.3 is 4.52 Å². The van der Waals surface area contributed by atoms with E-state index in [0.717, 1.165) is 12.0 Å². The van der Waals surface area contributed by atoms with E-state index in [0.29, 0.717) is 11.9 Å². The zero-order valence-electron chi connectivity index (χ0n) is 8.87. The fourth-order valence-electron chi connectivity index (χ4n) is 0.659. The molecule has 0 saturated carbocycles. The van der Waals surface area contributed by atoms with Crippen LogP contribution in [0.25, 0.3) is 0 Å². The maximum absolute atomic E-state index is 5.65. The third-order valence-corrected chi connectivity index (χ3v) is 6.80. The first kappa shape index (κ1) is 13.7. The van der Waals surface area contributed by atoms with Crippen molar-refractivity contribution in [3.05, 3.63) is 12.2 Å². The SMILES string of the molecule is C=C(C)COP(C)(=S)SC(C)CC. The van der Waals surface area contributed by atoms with Crippen LogP contribution in [0.4, 0.5) is 0 Å². The molecule has 78 valence electrons. The molecule has 1 nitrogen and oxygen atoms in total. The fraction of sp³-hybridized carbons (Fsp3) is 0.778. The van der Waals surface area contributed by atoms with Crippen molar-refractivity contribution < 1.29 is 4.52 Å². The summed E-state index contributed by atoms with van der Waals surface area (Å²) >= 11 is 7.22. The number of rotatable bonds is 6. The summed E-state index contributed by atoms with van der Waals surface area (Å²) in [5.41, 5.74) is -0.587. The lowest BCUT2D eigenvalue weighted by Crippen LogP contribution is -1.96. The van der Waals surface area contributed by atoms with Gasteiger partial charge in [-0.15, -0.1) is 0 Å². The van der Waals surface area contributed by atoms with Crippen LogP contribution >= 0.6 is 16.8 Å². The Balaban J connectivity index is 3.93. The largest absolute Gasteiger partial charge is 0.337 e. The molecule has 0 aromatic rings. The third-order valence-electron chi connectivity index (χ3n) is 1.49. The second kappa shape index (κ2) is 6.23. The monoisotopic (exact) mass is 238 g/mol. The average molecular weight is 238 g/mol. The summed E-state index contributed by atoms with van der Waals surface area (Å²) in [5.74, 6) is 0. The minimum atomic E-state index is -1.63. The Hall–Kier alpha value is 0.700. The van der Waals surface area contributed by atoms with Crippen LogP contribution in [-0.4, -0.2) is 18.5 Å². The molecule has 13 heavy (non-hydrogen) atoms. The van der Waals surface area contributed by atoms with Crippen LogP contribution in [0, 0.1) is 0 Å². The minimum Gasteiger partial charge on any atom is -0.337 e. The highest BCUT2D eigenvalue weighted by Crippen LogP contribution is 2.59. The Morgan fingerprint density at radius 2 is 2.23 bits per heavy atom. The van der Waals surface area contributed by atoms with Gasteiger partial charge >= 0.3 is 0 Å². The Morgan fingerprint density at radius 1 is 1.69 bits per heavy atom. The second-order valence-electron chi connectivity index (χ2n) is 3.33. The molecule has 0 saturated heterocycles. The van der Waals surface area contributed by atoms with Gasteiger partial charge in [-0.1, -0.05) is 49.2 Å². The van der Waals surface area contributed by atoms with Crippen LogP contribution in [0.5, 0.6) is 0 Å². The summed E-state index contributed by atoms with van der Waals surface area (Å²) in [4.78, 5) is 0. The molecule has 0 aliphatic heterocycles. The summed E-state index contributed by atoms with van der Waals surface area (Å²) in [6, 6.07) is 0. The molecule has 0 aliphatic rings. The standard InChI is InChI=1S/C9H19OPS2/c1-6-9(4)13-11(5,12)10-7-8(2)3/h9H,2,6-7H2,1,3-5H3. The summed E-state index contributed by atoms with van der Waals surface area (Å²) in [6.45, 7) is 12.8. The summed E-state index contributed by atoms with van der Waals surface area (Å²) in [6.07, 6.45) is 1.15. The van der Waals surface area contributed by atoms with Gasteiger partial charge in [0.15, 0.2) is 0 Å². The first-order valence-corrected chi connectivity index (χ1v) is 9.07. The average Bonchev–Trinajstić information content (AvgIpc) is 2.00. The van der Waals surface area contributed by atoms with Gasteiger partial charge in [-0.2, -0.15) is 0 Å². The lowest BCUT2D eigenvalue weighted by Gasteiger charge is -2.20. The molecule has 4 heteroatoms. The first-order valence-electron chi connectivity index (χ1n) is 4.42. The van der Waals surface area contributed by atoms with Crippen molar-refractivity contribution in [3.8, 4) is 0 Å². The van der Waals surface area contributed by atoms with Crippen molar-refractivity contribution in [1.29, 1.82) is 0 Å². The summed E-state index contributed by atoms with van der Waals surface area (Å²) in [7, 11) is 0.